The maximum atomic E-state index is 12.8. The third-order valence-electron chi connectivity index (χ3n) is 12.2. The van der Waals surface area contributed by atoms with Gasteiger partial charge in [0.25, 0.3) is 0 Å². The number of unbranched alkanes of at least 4 members (excludes halogenated alkanes) is 32. The van der Waals surface area contributed by atoms with Crippen LogP contribution in [-0.2, 0) is 28.6 Å². The minimum atomic E-state index is -1.12. The van der Waals surface area contributed by atoms with Gasteiger partial charge in [0.1, 0.15) is 12.6 Å². The van der Waals surface area contributed by atoms with Crippen LogP contribution >= 0.6 is 0 Å². The highest BCUT2D eigenvalue weighted by Gasteiger charge is 2.25. The van der Waals surface area contributed by atoms with Crippen LogP contribution in [0.1, 0.15) is 258 Å². The second-order valence-electron chi connectivity index (χ2n) is 19.1. The molecule has 360 valence electrons. The first-order chi connectivity index (χ1) is 29.6. The van der Waals surface area contributed by atoms with Crippen LogP contribution < -0.4 is 5.11 Å². The molecule has 0 aromatic carbocycles. The van der Waals surface area contributed by atoms with Crippen LogP contribution in [0.2, 0.25) is 0 Å². The molecule has 0 aromatic rings. The quantitative estimate of drug-likeness (QED) is 0.0260. The molecular weight excluding hydrogens is 763 g/mol. The highest BCUT2D eigenvalue weighted by atomic mass is 16.6. The van der Waals surface area contributed by atoms with Crippen molar-refractivity contribution in [3.8, 4) is 0 Å². The molecule has 0 aliphatic rings. The Labute approximate surface area is 378 Å². The van der Waals surface area contributed by atoms with E-state index in [1.165, 1.54) is 186 Å². The Hall–Kier alpha value is -1.93. The Morgan fingerprint density at radius 3 is 1.18 bits per heavy atom. The summed E-state index contributed by atoms with van der Waals surface area (Å²) >= 11 is 0. The number of ether oxygens (including phenoxy) is 3. The first kappa shape index (κ1) is 59.1. The number of carboxylic acid groups (broad SMARTS) is 1. The van der Waals surface area contributed by atoms with E-state index in [9.17, 15) is 19.5 Å². The fourth-order valence-corrected chi connectivity index (χ4v) is 8.07. The standard InChI is InChI=1S/C53H101NO7/c1-6-8-10-12-14-16-18-20-22-24-26-28-30-32-34-36-38-40-42-44-52(56)61-49(47-59-46-45-50(53(57)58)54(3,4)5)48-60-51(55)43-41-39-37-35-33-31-29-27-25-23-21-19-17-15-13-11-9-7-2/h24,26,49-50H,6-23,25,27-48H2,1-5H3/b26-24+. The van der Waals surface area contributed by atoms with E-state index >= 15 is 0 Å². The summed E-state index contributed by atoms with van der Waals surface area (Å²) in [6.45, 7) is 4.71. The van der Waals surface area contributed by atoms with Crippen LogP contribution in [-0.4, -0.2) is 75.5 Å². The Bertz CT molecular complexity index is 1010. The van der Waals surface area contributed by atoms with E-state index in [4.69, 9.17) is 14.2 Å². The van der Waals surface area contributed by atoms with E-state index in [1.807, 2.05) is 21.1 Å². The molecular formula is C53H101NO7. The molecule has 0 saturated carbocycles. The van der Waals surface area contributed by atoms with Crippen molar-refractivity contribution in [3.05, 3.63) is 12.2 Å². The Balaban J connectivity index is 4.21. The number of esters is 2. The zero-order chi connectivity index (χ0) is 44.9. The van der Waals surface area contributed by atoms with Crippen LogP contribution in [0.5, 0.6) is 0 Å². The molecule has 0 radical (unpaired) electrons. The summed E-state index contributed by atoms with van der Waals surface area (Å²) in [6.07, 6.45) is 49.5. The number of nitrogens with zero attached hydrogens (tertiary/aromatic N) is 1. The van der Waals surface area contributed by atoms with E-state index in [0.717, 1.165) is 38.5 Å². The van der Waals surface area contributed by atoms with Gasteiger partial charge in [-0.3, -0.25) is 9.59 Å². The van der Waals surface area contributed by atoms with Gasteiger partial charge in [0.2, 0.25) is 0 Å². The fraction of sp³-hybridized carbons (Fsp3) is 0.906. The van der Waals surface area contributed by atoms with Crippen LogP contribution in [0.3, 0.4) is 0 Å². The first-order valence-corrected chi connectivity index (χ1v) is 26.2. The predicted molar refractivity (Wildman–Crippen MR) is 254 cm³/mol. The third-order valence-corrected chi connectivity index (χ3v) is 12.2. The zero-order valence-corrected chi connectivity index (χ0v) is 41.1. The molecule has 8 heteroatoms. The summed E-state index contributed by atoms with van der Waals surface area (Å²) in [4.78, 5) is 37.0. The predicted octanol–water partition coefficient (Wildman–Crippen LogP) is 13.7. The molecule has 0 N–H and O–H groups in total. The van der Waals surface area contributed by atoms with E-state index in [0.29, 0.717) is 12.8 Å². The highest BCUT2D eigenvalue weighted by Crippen LogP contribution is 2.16. The smallest absolute Gasteiger partial charge is 0.306 e. The average molecular weight is 864 g/mol. The molecule has 2 unspecified atom stereocenters. The van der Waals surface area contributed by atoms with Crippen molar-refractivity contribution in [2.24, 2.45) is 0 Å². The largest absolute Gasteiger partial charge is 0.544 e. The van der Waals surface area contributed by atoms with Crippen molar-refractivity contribution in [1.29, 1.82) is 0 Å². The number of rotatable bonds is 48. The van der Waals surface area contributed by atoms with Crippen molar-refractivity contribution in [2.75, 3.05) is 41.0 Å². The normalized spacial score (nSPS) is 12.9. The Morgan fingerprint density at radius 2 is 0.820 bits per heavy atom. The number of hydrogen-bond acceptors (Lipinski definition) is 7. The third kappa shape index (κ3) is 43.1. The van der Waals surface area contributed by atoms with Gasteiger partial charge in [-0.15, -0.1) is 0 Å². The van der Waals surface area contributed by atoms with Gasteiger partial charge in [0.15, 0.2) is 6.10 Å². The van der Waals surface area contributed by atoms with Crippen molar-refractivity contribution in [3.63, 3.8) is 0 Å². The minimum Gasteiger partial charge on any atom is -0.544 e. The van der Waals surface area contributed by atoms with Crippen LogP contribution in [0.4, 0.5) is 0 Å². The lowest BCUT2D eigenvalue weighted by Crippen LogP contribution is -2.55. The lowest BCUT2D eigenvalue weighted by molar-refractivity contribution is -0.889. The summed E-state index contributed by atoms with van der Waals surface area (Å²) in [5, 5.41) is 11.7. The van der Waals surface area contributed by atoms with Gasteiger partial charge in [-0.1, -0.05) is 212 Å². The van der Waals surface area contributed by atoms with Crippen LogP contribution in [0.15, 0.2) is 12.2 Å². The molecule has 0 amide bonds. The number of quaternary nitrogens is 1. The number of carbonyl (C=O) groups excluding carboxylic acids is 3. The monoisotopic (exact) mass is 864 g/mol. The number of aliphatic carboxylic acids is 1. The summed E-state index contributed by atoms with van der Waals surface area (Å²) in [5.41, 5.74) is 0. The molecule has 2 atom stereocenters. The van der Waals surface area contributed by atoms with Crippen molar-refractivity contribution in [1.82, 2.24) is 0 Å². The molecule has 8 nitrogen and oxygen atoms in total. The second-order valence-corrected chi connectivity index (χ2v) is 19.1. The number of likely N-dealkylation sites (N-methyl/N-ethyl adjacent to an activating group) is 1. The molecule has 0 rings (SSSR count). The van der Waals surface area contributed by atoms with E-state index in [1.54, 1.807) is 0 Å². The Kier molecular flexibility index (Phi) is 43.3. The molecule has 0 aromatic heterocycles. The van der Waals surface area contributed by atoms with Gasteiger partial charge in [-0.2, -0.15) is 0 Å². The Morgan fingerprint density at radius 1 is 0.475 bits per heavy atom. The summed E-state index contributed by atoms with van der Waals surface area (Å²) < 4.78 is 17.3. The first-order valence-electron chi connectivity index (χ1n) is 26.2. The summed E-state index contributed by atoms with van der Waals surface area (Å²) in [5.74, 6) is -1.72. The molecule has 0 bridgehead atoms. The lowest BCUT2D eigenvalue weighted by atomic mass is 10.0. The van der Waals surface area contributed by atoms with Crippen molar-refractivity contribution in [2.45, 2.75) is 270 Å². The summed E-state index contributed by atoms with van der Waals surface area (Å²) in [7, 11) is 5.43. The number of hydrogen-bond donors (Lipinski definition) is 0. The van der Waals surface area contributed by atoms with Gasteiger partial charge >= 0.3 is 11.9 Å². The van der Waals surface area contributed by atoms with Crippen molar-refractivity contribution >= 4 is 17.9 Å². The van der Waals surface area contributed by atoms with Gasteiger partial charge in [-0.25, -0.2) is 0 Å². The molecule has 61 heavy (non-hydrogen) atoms. The minimum absolute atomic E-state index is 0.0451. The zero-order valence-electron chi connectivity index (χ0n) is 41.1. The highest BCUT2D eigenvalue weighted by molar-refractivity contribution is 5.70. The molecule has 0 aliphatic heterocycles. The van der Waals surface area contributed by atoms with Gasteiger partial charge in [-0.05, 0) is 38.5 Å². The summed E-state index contributed by atoms with van der Waals surface area (Å²) in [6, 6.07) is -0.723. The maximum absolute atomic E-state index is 12.8. The number of carbonyl (C=O) groups is 3. The van der Waals surface area contributed by atoms with E-state index < -0.39 is 18.1 Å². The van der Waals surface area contributed by atoms with Crippen LogP contribution in [0, 0.1) is 0 Å². The van der Waals surface area contributed by atoms with E-state index in [2.05, 4.69) is 26.0 Å². The maximum Gasteiger partial charge on any atom is 0.306 e. The molecule has 0 spiro atoms. The van der Waals surface area contributed by atoms with Crippen LogP contribution in [0.25, 0.3) is 0 Å². The van der Waals surface area contributed by atoms with Gasteiger partial charge < -0.3 is 28.6 Å². The topological polar surface area (TPSA) is 102 Å². The van der Waals surface area contributed by atoms with Gasteiger partial charge in [0.05, 0.1) is 40.3 Å². The van der Waals surface area contributed by atoms with Crippen molar-refractivity contribution < 1.29 is 38.2 Å². The van der Waals surface area contributed by atoms with E-state index in [-0.39, 0.29) is 42.7 Å². The molecule has 0 aliphatic carbocycles. The van der Waals surface area contributed by atoms with Gasteiger partial charge in [0, 0.05) is 19.3 Å². The molecule has 0 heterocycles. The lowest BCUT2D eigenvalue weighted by Gasteiger charge is -2.34. The second kappa shape index (κ2) is 44.7. The molecule has 0 saturated heterocycles. The SMILES string of the molecule is CCCCCCCCCC/C=C/CCCCCCCCCC(=O)OC(COCCC(C(=O)[O-])[N+](C)(C)C)COC(=O)CCCCCCCCCCCCCCCCCCCC. The number of allylic oxidation sites excluding steroid dienone is 2. The number of carboxylic acids is 1. The molecule has 0 fully saturated rings. The fourth-order valence-electron chi connectivity index (χ4n) is 8.07. The average Bonchev–Trinajstić information content (AvgIpc) is 3.22.